The monoisotopic (exact) mass is 370 g/mol. The normalized spacial score (nSPS) is 11.9. The number of benzene rings is 1. The Hall–Kier alpha value is -1.93. The molecule has 0 radical (unpaired) electrons. The van der Waals surface area contributed by atoms with E-state index in [9.17, 15) is 17.6 Å². The van der Waals surface area contributed by atoms with E-state index < -0.39 is 11.7 Å². The summed E-state index contributed by atoms with van der Waals surface area (Å²) in [6.45, 7) is 0. The van der Waals surface area contributed by atoms with E-state index in [1.165, 1.54) is 0 Å². The highest BCUT2D eigenvalue weighted by Gasteiger charge is 2.43. The maximum Gasteiger partial charge on any atom is 0.359 e. The van der Waals surface area contributed by atoms with Crippen molar-refractivity contribution in [1.29, 1.82) is 0 Å². The second-order valence-corrected chi connectivity index (χ2v) is 7.10. The summed E-state index contributed by atoms with van der Waals surface area (Å²) in [7, 11) is 0. The van der Waals surface area contributed by atoms with Crippen molar-refractivity contribution in [2.45, 2.75) is 16.0 Å². The van der Waals surface area contributed by atoms with Crippen LogP contribution < -0.4 is 0 Å². The lowest BCUT2D eigenvalue weighted by atomic mass is 10.1. The van der Waals surface area contributed by atoms with Gasteiger partial charge in [0.25, 0.3) is 0 Å². The van der Waals surface area contributed by atoms with Crippen LogP contribution in [0.15, 0.2) is 59.1 Å². The highest BCUT2D eigenvalue weighted by molar-refractivity contribution is 8.02. The van der Waals surface area contributed by atoms with Gasteiger partial charge in [0.15, 0.2) is 4.34 Å². The average molecular weight is 370 g/mol. The van der Waals surface area contributed by atoms with Crippen molar-refractivity contribution < 1.29 is 17.6 Å². The first-order chi connectivity index (χ1) is 11.5. The number of thioether (sulfide) groups is 1. The highest BCUT2D eigenvalue weighted by atomic mass is 32.2. The standard InChI is InChI=1S/C16H10F4N2S2/c17-14(18)16(19,20)24-15-22-12(11-8-4-5-9-21-11)13(23-15)10-6-2-1-3-7-10/h1-9,14H. The van der Waals surface area contributed by atoms with Crippen molar-refractivity contribution >= 4 is 23.1 Å². The van der Waals surface area contributed by atoms with Crippen LogP contribution in [-0.2, 0) is 0 Å². The number of thiazole rings is 1. The fourth-order valence-corrected chi connectivity index (χ4v) is 3.99. The minimum Gasteiger partial charge on any atom is -0.255 e. The molecule has 0 atom stereocenters. The van der Waals surface area contributed by atoms with Crippen molar-refractivity contribution in [2.24, 2.45) is 0 Å². The van der Waals surface area contributed by atoms with Crippen LogP contribution in [0, 0.1) is 0 Å². The molecule has 0 saturated heterocycles. The van der Waals surface area contributed by atoms with Crippen LogP contribution in [-0.4, -0.2) is 21.6 Å². The SMILES string of the molecule is FC(F)C(F)(F)Sc1nc(-c2ccccn2)c(-c2ccccc2)s1. The molecule has 0 spiro atoms. The van der Waals surface area contributed by atoms with Gasteiger partial charge in [-0.2, -0.15) is 8.78 Å². The zero-order valence-electron chi connectivity index (χ0n) is 12.0. The summed E-state index contributed by atoms with van der Waals surface area (Å²) in [5.74, 6) is 0. The van der Waals surface area contributed by atoms with Crippen LogP contribution in [0.3, 0.4) is 0 Å². The average Bonchev–Trinajstić information content (AvgIpc) is 2.99. The molecular weight excluding hydrogens is 360 g/mol. The molecule has 2 nitrogen and oxygen atoms in total. The number of halogens is 4. The zero-order valence-corrected chi connectivity index (χ0v) is 13.6. The van der Waals surface area contributed by atoms with Crippen LogP contribution in [0.4, 0.5) is 17.6 Å². The van der Waals surface area contributed by atoms with Crippen molar-refractivity contribution in [3.8, 4) is 21.8 Å². The van der Waals surface area contributed by atoms with Crippen LogP contribution in [0.25, 0.3) is 21.8 Å². The lowest BCUT2D eigenvalue weighted by Crippen LogP contribution is -2.21. The van der Waals surface area contributed by atoms with E-state index >= 15 is 0 Å². The molecule has 3 rings (SSSR count). The third kappa shape index (κ3) is 3.59. The van der Waals surface area contributed by atoms with E-state index in [0.29, 0.717) is 16.3 Å². The summed E-state index contributed by atoms with van der Waals surface area (Å²) in [4.78, 5) is 8.92. The van der Waals surface area contributed by atoms with E-state index in [2.05, 4.69) is 9.97 Å². The van der Waals surface area contributed by atoms with Gasteiger partial charge in [-0.15, -0.1) is 11.3 Å². The lowest BCUT2D eigenvalue weighted by Gasteiger charge is -2.11. The number of hydrogen-bond donors (Lipinski definition) is 0. The number of alkyl halides is 4. The van der Waals surface area contributed by atoms with Gasteiger partial charge in [0.1, 0.15) is 5.69 Å². The molecule has 0 aliphatic rings. The molecule has 0 aliphatic carbocycles. The van der Waals surface area contributed by atoms with Gasteiger partial charge in [-0.3, -0.25) is 4.98 Å². The molecule has 24 heavy (non-hydrogen) atoms. The fourth-order valence-electron chi connectivity index (χ4n) is 1.97. The molecule has 124 valence electrons. The topological polar surface area (TPSA) is 25.8 Å². The Bertz CT molecular complexity index is 750. The lowest BCUT2D eigenvalue weighted by molar-refractivity contribution is -0.0563. The Morgan fingerprint density at radius 3 is 2.33 bits per heavy atom. The maximum atomic E-state index is 13.3. The highest BCUT2D eigenvalue weighted by Crippen LogP contribution is 2.46. The second kappa shape index (κ2) is 6.90. The number of pyridine rings is 1. The van der Waals surface area contributed by atoms with Crippen molar-refractivity contribution in [2.75, 3.05) is 0 Å². The molecule has 0 unspecified atom stereocenters. The Balaban J connectivity index is 2.07. The van der Waals surface area contributed by atoms with E-state index in [1.807, 2.05) is 6.07 Å². The van der Waals surface area contributed by atoms with Gasteiger partial charge in [-0.25, -0.2) is 13.8 Å². The summed E-state index contributed by atoms with van der Waals surface area (Å²) in [5.41, 5.74) is 1.67. The summed E-state index contributed by atoms with van der Waals surface area (Å²) in [5, 5.41) is -4.19. The summed E-state index contributed by atoms with van der Waals surface area (Å²) >= 11 is 0.725. The minimum absolute atomic E-state index is 0.125. The van der Waals surface area contributed by atoms with Crippen LogP contribution in [0.5, 0.6) is 0 Å². The fraction of sp³-hybridized carbons (Fsp3) is 0.125. The van der Waals surface area contributed by atoms with Crippen LogP contribution in [0.1, 0.15) is 0 Å². The largest absolute Gasteiger partial charge is 0.359 e. The van der Waals surface area contributed by atoms with Gasteiger partial charge in [0, 0.05) is 6.20 Å². The first-order valence-electron chi connectivity index (χ1n) is 6.80. The van der Waals surface area contributed by atoms with E-state index in [4.69, 9.17) is 0 Å². The third-order valence-corrected chi connectivity index (χ3v) is 5.14. The molecule has 0 saturated carbocycles. The number of aromatic nitrogens is 2. The van der Waals surface area contributed by atoms with Gasteiger partial charge in [0.05, 0.1) is 10.6 Å². The summed E-state index contributed by atoms with van der Waals surface area (Å²) in [6.07, 6.45) is -2.20. The van der Waals surface area contributed by atoms with E-state index in [0.717, 1.165) is 16.9 Å². The van der Waals surface area contributed by atoms with Crippen LogP contribution in [0.2, 0.25) is 0 Å². The predicted molar refractivity (Wildman–Crippen MR) is 87.6 cm³/mol. The summed E-state index contributed by atoms with van der Waals surface area (Å²) in [6, 6.07) is 14.2. The molecule has 0 N–H and O–H groups in total. The molecule has 2 aromatic heterocycles. The predicted octanol–water partition coefficient (Wildman–Crippen LogP) is 5.82. The van der Waals surface area contributed by atoms with Gasteiger partial charge in [-0.1, -0.05) is 36.4 Å². The van der Waals surface area contributed by atoms with E-state index in [-0.39, 0.29) is 16.1 Å². The molecule has 0 bridgehead atoms. The van der Waals surface area contributed by atoms with Crippen LogP contribution >= 0.6 is 23.1 Å². The Morgan fingerprint density at radius 2 is 1.71 bits per heavy atom. The molecule has 8 heteroatoms. The molecule has 0 amide bonds. The molecule has 2 heterocycles. The van der Waals surface area contributed by atoms with Gasteiger partial charge >= 0.3 is 11.7 Å². The number of rotatable bonds is 5. The van der Waals surface area contributed by atoms with Gasteiger partial charge in [-0.05, 0) is 29.5 Å². The molecule has 0 aliphatic heterocycles. The summed E-state index contributed by atoms with van der Waals surface area (Å²) < 4.78 is 51.4. The number of nitrogens with zero attached hydrogens (tertiary/aromatic N) is 2. The van der Waals surface area contributed by atoms with E-state index in [1.54, 1.807) is 48.7 Å². The quantitative estimate of drug-likeness (QED) is 0.418. The second-order valence-electron chi connectivity index (χ2n) is 4.70. The molecule has 0 fully saturated rings. The molecular formula is C16H10F4N2S2. The Morgan fingerprint density at radius 1 is 1.00 bits per heavy atom. The van der Waals surface area contributed by atoms with Gasteiger partial charge < -0.3 is 0 Å². The zero-order chi connectivity index (χ0) is 17.2. The smallest absolute Gasteiger partial charge is 0.255 e. The first-order valence-corrected chi connectivity index (χ1v) is 8.43. The third-order valence-electron chi connectivity index (χ3n) is 3.03. The maximum absolute atomic E-state index is 13.3. The van der Waals surface area contributed by atoms with Gasteiger partial charge in [0.2, 0.25) is 0 Å². The number of hydrogen-bond acceptors (Lipinski definition) is 4. The first kappa shape index (κ1) is 16.9. The Kier molecular flexibility index (Phi) is 4.86. The van der Waals surface area contributed by atoms with Crippen molar-refractivity contribution in [3.05, 3.63) is 54.7 Å². The van der Waals surface area contributed by atoms with Crippen molar-refractivity contribution in [3.63, 3.8) is 0 Å². The van der Waals surface area contributed by atoms with Crippen molar-refractivity contribution in [1.82, 2.24) is 9.97 Å². The Labute approximate surface area is 143 Å². The minimum atomic E-state index is -4.19. The molecule has 3 aromatic rings. The molecule has 1 aromatic carbocycles.